The van der Waals surface area contributed by atoms with Crippen molar-refractivity contribution in [3.05, 3.63) is 29.0 Å². The van der Waals surface area contributed by atoms with E-state index in [1.165, 1.54) is 12.1 Å². The maximum atomic E-state index is 13.1. The van der Waals surface area contributed by atoms with Crippen LogP contribution in [0.5, 0.6) is 0 Å². The van der Waals surface area contributed by atoms with Crippen LogP contribution in [0.4, 0.5) is 4.39 Å². The summed E-state index contributed by atoms with van der Waals surface area (Å²) in [4.78, 5) is 0.621. The lowest BCUT2D eigenvalue weighted by molar-refractivity contribution is 0.541. The van der Waals surface area contributed by atoms with Crippen molar-refractivity contribution in [2.75, 3.05) is 6.54 Å². The minimum Gasteiger partial charge on any atom is -0.313 e. The zero-order valence-corrected chi connectivity index (χ0v) is 11.9. The molecule has 0 radical (unpaired) electrons. The Morgan fingerprint density at radius 2 is 2.28 bits per heavy atom. The smallest absolute Gasteiger partial charge is 0.141 e. The topological polar surface area (TPSA) is 29.1 Å². The molecule has 1 fully saturated rings. The van der Waals surface area contributed by atoms with Crippen molar-refractivity contribution in [3.63, 3.8) is 0 Å². The summed E-state index contributed by atoms with van der Waals surface area (Å²) in [7, 11) is -1.12. The first kappa shape index (κ1) is 14.0. The van der Waals surface area contributed by atoms with Crippen LogP contribution in [0.3, 0.4) is 0 Å². The molecular weight excluding hydrogens is 273 g/mol. The van der Waals surface area contributed by atoms with E-state index in [1.807, 2.05) is 6.92 Å². The minimum atomic E-state index is -1.12. The van der Waals surface area contributed by atoms with Gasteiger partial charge in [-0.05, 0) is 37.6 Å². The molecule has 0 spiro atoms. The van der Waals surface area contributed by atoms with Crippen LogP contribution in [0.25, 0.3) is 0 Å². The van der Waals surface area contributed by atoms with E-state index in [9.17, 15) is 8.60 Å². The SMILES string of the molecule is CCNC1CCCC1S(=O)c1ccc(F)c(Cl)c1. The van der Waals surface area contributed by atoms with Gasteiger partial charge in [0.15, 0.2) is 0 Å². The maximum absolute atomic E-state index is 13.1. The lowest BCUT2D eigenvalue weighted by Gasteiger charge is -2.20. The first-order valence-corrected chi connectivity index (χ1v) is 7.81. The fourth-order valence-electron chi connectivity index (χ4n) is 2.45. The number of benzene rings is 1. The molecule has 0 aliphatic heterocycles. The largest absolute Gasteiger partial charge is 0.313 e. The van der Waals surface area contributed by atoms with Gasteiger partial charge in [-0.1, -0.05) is 24.9 Å². The molecule has 0 aromatic heterocycles. The Kier molecular flexibility index (Phi) is 4.76. The molecule has 0 amide bonds. The Balaban J connectivity index is 2.17. The van der Waals surface area contributed by atoms with E-state index in [1.54, 1.807) is 6.07 Å². The summed E-state index contributed by atoms with van der Waals surface area (Å²) >= 11 is 5.74. The molecule has 1 N–H and O–H groups in total. The zero-order chi connectivity index (χ0) is 13.1. The Labute approximate surface area is 114 Å². The van der Waals surface area contributed by atoms with Crippen molar-refractivity contribution in [3.8, 4) is 0 Å². The molecule has 3 atom stereocenters. The van der Waals surface area contributed by atoms with Crippen LogP contribution in [-0.2, 0) is 10.8 Å². The number of nitrogens with one attached hydrogen (secondary N) is 1. The molecule has 0 bridgehead atoms. The summed E-state index contributed by atoms with van der Waals surface area (Å²) in [5.41, 5.74) is 0. The molecule has 1 saturated carbocycles. The number of rotatable bonds is 4. The van der Waals surface area contributed by atoms with E-state index < -0.39 is 16.6 Å². The van der Waals surface area contributed by atoms with E-state index >= 15 is 0 Å². The summed E-state index contributed by atoms with van der Waals surface area (Å²) in [6.45, 7) is 2.93. The first-order valence-electron chi connectivity index (χ1n) is 6.22. The average Bonchev–Trinajstić information content (AvgIpc) is 2.80. The van der Waals surface area contributed by atoms with E-state index in [0.717, 1.165) is 25.8 Å². The lowest BCUT2D eigenvalue weighted by atomic mass is 10.2. The van der Waals surface area contributed by atoms with Crippen molar-refractivity contribution in [1.29, 1.82) is 0 Å². The molecule has 1 aliphatic carbocycles. The molecule has 1 aliphatic rings. The average molecular weight is 290 g/mol. The first-order chi connectivity index (χ1) is 8.63. The van der Waals surface area contributed by atoms with Crippen molar-refractivity contribution in [2.24, 2.45) is 0 Å². The fourth-order valence-corrected chi connectivity index (χ4v) is 4.40. The second kappa shape index (κ2) is 6.13. The number of hydrogen-bond donors (Lipinski definition) is 1. The molecule has 5 heteroatoms. The number of halogens is 2. The van der Waals surface area contributed by atoms with E-state index in [0.29, 0.717) is 10.9 Å². The van der Waals surface area contributed by atoms with E-state index in [2.05, 4.69) is 5.32 Å². The molecule has 0 saturated heterocycles. The highest BCUT2D eigenvalue weighted by molar-refractivity contribution is 7.85. The molecule has 1 aromatic carbocycles. The van der Waals surface area contributed by atoms with Gasteiger partial charge < -0.3 is 5.32 Å². The molecular formula is C13H17ClFNOS. The summed E-state index contributed by atoms with van der Waals surface area (Å²) in [5.74, 6) is -0.466. The normalized spacial score (nSPS) is 25.3. The summed E-state index contributed by atoms with van der Waals surface area (Å²) in [6, 6.07) is 4.62. The third-order valence-electron chi connectivity index (χ3n) is 3.32. The van der Waals surface area contributed by atoms with Crippen molar-refractivity contribution >= 4 is 22.4 Å². The summed E-state index contributed by atoms with van der Waals surface area (Å²) in [5, 5.41) is 3.51. The van der Waals surface area contributed by atoms with Crippen LogP contribution in [-0.4, -0.2) is 22.0 Å². The Morgan fingerprint density at radius 1 is 1.50 bits per heavy atom. The van der Waals surface area contributed by atoms with E-state index in [-0.39, 0.29) is 10.3 Å². The summed E-state index contributed by atoms with van der Waals surface area (Å²) in [6.07, 6.45) is 3.08. The highest BCUT2D eigenvalue weighted by Crippen LogP contribution is 2.29. The maximum Gasteiger partial charge on any atom is 0.141 e. The molecule has 2 nitrogen and oxygen atoms in total. The van der Waals surface area contributed by atoms with Crippen LogP contribution < -0.4 is 5.32 Å². The van der Waals surface area contributed by atoms with Crippen LogP contribution in [0.1, 0.15) is 26.2 Å². The van der Waals surface area contributed by atoms with Gasteiger partial charge in [0, 0.05) is 10.9 Å². The van der Waals surface area contributed by atoms with Gasteiger partial charge in [0.2, 0.25) is 0 Å². The second-order valence-electron chi connectivity index (χ2n) is 4.51. The van der Waals surface area contributed by atoms with Crippen molar-refractivity contribution in [1.82, 2.24) is 5.32 Å². The van der Waals surface area contributed by atoms with Crippen LogP contribution in [0.2, 0.25) is 5.02 Å². The van der Waals surface area contributed by atoms with Gasteiger partial charge in [0.1, 0.15) is 5.82 Å². The Morgan fingerprint density at radius 3 is 2.94 bits per heavy atom. The molecule has 0 heterocycles. The molecule has 2 rings (SSSR count). The third-order valence-corrected chi connectivity index (χ3v) is 5.44. The number of hydrogen-bond acceptors (Lipinski definition) is 2. The lowest BCUT2D eigenvalue weighted by Crippen LogP contribution is -2.37. The predicted octanol–water partition coefficient (Wildman–Crippen LogP) is 3.12. The fraction of sp³-hybridized carbons (Fsp3) is 0.538. The Hall–Kier alpha value is -0.450. The minimum absolute atomic E-state index is 0.0406. The van der Waals surface area contributed by atoms with Gasteiger partial charge in [0.25, 0.3) is 0 Å². The predicted molar refractivity (Wildman–Crippen MR) is 72.9 cm³/mol. The third kappa shape index (κ3) is 2.92. The molecule has 18 heavy (non-hydrogen) atoms. The molecule has 100 valence electrons. The monoisotopic (exact) mass is 289 g/mol. The second-order valence-corrected chi connectivity index (χ2v) is 6.59. The van der Waals surface area contributed by atoms with Crippen LogP contribution >= 0.6 is 11.6 Å². The standard InChI is InChI=1S/C13H17ClFNOS/c1-2-16-12-4-3-5-13(12)18(17)9-6-7-11(15)10(14)8-9/h6-8,12-13,16H,2-5H2,1H3. The van der Waals surface area contributed by atoms with Gasteiger partial charge in [-0.15, -0.1) is 0 Å². The van der Waals surface area contributed by atoms with Crippen molar-refractivity contribution < 1.29 is 8.60 Å². The van der Waals surface area contributed by atoms with Gasteiger partial charge >= 0.3 is 0 Å². The van der Waals surface area contributed by atoms with Gasteiger partial charge in [-0.25, -0.2) is 4.39 Å². The quantitative estimate of drug-likeness (QED) is 0.923. The molecule has 3 unspecified atom stereocenters. The summed E-state index contributed by atoms with van der Waals surface area (Å²) < 4.78 is 25.6. The van der Waals surface area contributed by atoms with Crippen molar-refractivity contribution in [2.45, 2.75) is 42.4 Å². The van der Waals surface area contributed by atoms with Gasteiger partial charge in [-0.2, -0.15) is 0 Å². The highest BCUT2D eigenvalue weighted by Gasteiger charge is 2.32. The van der Waals surface area contributed by atoms with E-state index in [4.69, 9.17) is 11.6 Å². The van der Waals surface area contributed by atoms with Crippen LogP contribution in [0, 0.1) is 5.82 Å². The molecule has 1 aromatic rings. The van der Waals surface area contributed by atoms with Crippen LogP contribution in [0.15, 0.2) is 23.1 Å². The Bertz CT molecular complexity index is 455. The highest BCUT2D eigenvalue weighted by atomic mass is 35.5. The van der Waals surface area contributed by atoms with Gasteiger partial charge in [0.05, 0.1) is 21.1 Å². The zero-order valence-electron chi connectivity index (χ0n) is 10.3. The van der Waals surface area contributed by atoms with Gasteiger partial charge in [-0.3, -0.25) is 4.21 Å².